The average molecular weight is 275 g/mol. The number of anilines is 1. The predicted molar refractivity (Wildman–Crippen MR) is 76.3 cm³/mol. The maximum atomic E-state index is 12.4. The first-order valence-corrected chi connectivity index (χ1v) is 6.81. The molecule has 2 heterocycles. The fraction of sp³-hybridized carbons (Fsp3) is 0.400. The Morgan fingerprint density at radius 3 is 2.84 bits per heavy atom. The number of halogens is 1. The molecule has 1 saturated heterocycles. The molecule has 0 aliphatic carbocycles. The molecule has 19 heavy (non-hydrogen) atoms. The number of amides is 1. The molecule has 0 bridgehead atoms. The highest BCUT2D eigenvalue weighted by atomic mass is 35.5. The predicted octanol–water partition coefficient (Wildman–Crippen LogP) is 2.26. The topological polar surface area (TPSA) is 32.3 Å². The number of carbonyl (C=O) groups is 1. The smallest absolute Gasteiger partial charge is 0.235 e. The van der Waals surface area contributed by atoms with E-state index in [4.69, 9.17) is 18.0 Å². The highest BCUT2D eigenvalue weighted by molar-refractivity contribution is 6.31. The van der Waals surface area contributed by atoms with Gasteiger partial charge in [-0.25, -0.2) is 0 Å². The number of benzene rings is 1. The van der Waals surface area contributed by atoms with E-state index in [2.05, 4.69) is 16.1 Å². The van der Waals surface area contributed by atoms with Crippen molar-refractivity contribution in [2.45, 2.75) is 18.3 Å². The van der Waals surface area contributed by atoms with Crippen LogP contribution in [0.1, 0.15) is 18.4 Å². The molecule has 1 spiro atoms. The van der Waals surface area contributed by atoms with Crippen LogP contribution in [0.4, 0.5) is 5.69 Å². The van der Waals surface area contributed by atoms with E-state index in [0.717, 1.165) is 37.2 Å². The van der Waals surface area contributed by atoms with Crippen LogP contribution in [0.5, 0.6) is 0 Å². The van der Waals surface area contributed by atoms with Gasteiger partial charge < -0.3 is 5.32 Å². The number of nitrogens with one attached hydrogen (secondary N) is 1. The van der Waals surface area contributed by atoms with Crippen LogP contribution in [0.2, 0.25) is 5.02 Å². The third kappa shape index (κ3) is 1.92. The Hall–Kier alpha value is -1.50. The number of fused-ring (bicyclic) bond motifs is 2. The second kappa shape index (κ2) is 4.56. The van der Waals surface area contributed by atoms with E-state index in [9.17, 15) is 4.79 Å². The van der Waals surface area contributed by atoms with Gasteiger partial charge in [0.05, 0.1) is 12.0 Å². The number of terminal acetylenes is 1. The van der Waals surface area contributed by atoms with E-state index in [1.54, 1.807) is 0 Å². The van der Waals surface area contributed by atoms with Crippen molar-refractivity contribution in [1.82, 2.24) is 4.90 Å². The first kappa shape index (κ1) is 12.5. The van der Waals surface area contributed by atoms with Gasteiger partial charge in [-0.05, 0) is 36.6 Å². The summed E-state index contributed by atoms with van der Waals surface area (Å²) in [5, 5.41) is 3.66. The fourth-order valence-corrected chi connectivity index (χ4v) is 3.28. The molecule has 1 aromatic carbocycles. The lowest BCUT2D eigenvalue weighted by Crippen LogP contribution is -2.46. The van der Waals surface area contributed by atoms with E-state index in [-0.39, 0.29) is 5.91 Å². The Labute approximate surface area is 117 Å². The molecule has 1 fully saturated rings. The van der Waals surface area contributed by atoms with E-state index in [1.807, 2.05) is 18.2 Å². The van der Waals surface area contributed by atoms with Gasteiger partial charge in [-0.2, -0.15) is 0 Å². The molecule has 0 saturated carbocycles. The Morgan fingerprint density at radius 2 is 2.16 bits per heavy atom. The van der Waals surface area contributed by atoms with Crippen molar-refractivity contribution in [2.24, 2.45) is 0 Å². The van der Waals surface area contributed by atoms with Crippen LogP contribution in [0, 0.1) is 12.3 Å². The maximum absolute atomic E-state index is 12.4. The van der Waals surface area contributed by atoms with Gasteiger partial charge in [0.15, 0.2) is 0 Å². The van der Waals surface area contributed by atoms with Gasteiger partial charge in [-0.3, -0.25) is 9.69 Å². The van der Waals surface area contributed by atoms with Crippen molar-refractivity contribution in [3.05, 3.63) is 28.8 Å². The van der Waals surface area contributed by atoms with Gasteiger partial charge >= 0.3 is 0 Å². The lowest BCUT2D eigenvalue weighted by Gasteiger charge is -2.37. The van der Waals surface area contributed by atoms with Crippen molar-refractivity contribution in [1.29, 1.82) is 0 Å². The number of hydrogen-bond acceptors (Lipinski definition) is 2. The fourth-order valence-electron chi connectivity index (χ4n) is 3.10. The normalized spacial score (nSPS) is 20.9. The van der Waals surface area contributed by atoms with Crippen LogP contribution < -0.4 is 5.32 Å². The minimum absolute atomic E-state index is 0.102. The van der Waals surface area contributed by atoms with E-state index in [0.29, 0.717) is 11.6 Å². The molecule has 1 aromatic rings. The van der Waals surface area contributed by atoms with Gasteiger partial charge in [0.2, 0.25) is 5.91 Å². The van der Waals surface area contributed by atoms with Gasteiger partial charge in [-0.15, -0.1) is 6.42 Å². The number of carbonyl (C=O) groups excluding carboxylic acids is 1. The Balaban J connectivity index is 1.92. The van der Waals surface area contributed by atoms with Crippen LogP contribution in [-0.2, 0) is 10.2 Å². The van der Waals surface area contributed by atoms with Crippen molar-refractivity contribution in [3.63, 3.8) is 0 Å². The zero-order valence-corrected chi connectivity index (χ0v) is 11.3. The summed E-state index contributed by atoms with van der Waals surface area (Å²) in [4.78, 5) is 14.6. The van der Waals surface area contributed by atoms with Crippen molar-refractivity contribution < 1.29 is 4.79 Å². The standard InChI is InChI=1S/C15H15ClN2O/c1-2-7-18-8-5-15(6-9-18)12-10-11(16)3-4-13(12)17-14(15)19/h1,3-4,10H,5-9H2,(H,17,19). The summed E-state index contributed by atoms with van der Waals surface area (Å²) in [6.07, 6.45) is 6.94. The van der Waals surface area contributed by atoms with E-state index < -0.39 is 5.41 Å². The largest absolute Gasteiger partial charge is 0.325 e. The Morgan fingerprint density at radius 1 is 1.42 bits per heavy atom. The molecular formula is C15H15ClN2O. The summed E-state index contributed by atoms with van der Waals surface area (Å²) in [6, 6.07) is 5.62. The maximum Gasteiger partial charge on any atom is 0.235 e. The minimum atomic E-state index is -0.411. The first-order chi connectivity index (χ1) is 9.15. The molecular weight excluding hydrogens is 260 g/mol. The summed E-state index contributed by atoms with van der Waals surface area (Å²) >= 11 is 6.08. The lowest BCUT2D eigenvalue weighted by molar-refractivity contribution is -0.122. The van der Waals surface area contributed by atoms with Gasteiger partial charge in [-0.1, -0.05) is 17.5 Å². The molecule has 3 nitrogen and oxygen atoms in total. The molecule has 2 aliphatic rings. The summed E-state index contributed by atoms with van der Waals surface area (Å²) in [6.45, 7) is 2.35. The summed E-state index contributed by atoms with van der Waals surface area (Å²) in [7, 11) is 0. The van der Waals surface area contributed by atoms with Crippen molar-refractivity contribution in [2.75, 3.05) is 25.0 Å². The Bertz CT molecular complexity index is 568. The molecule has 4 heteroatoms. The Kier molecular flexibility index (Phi) is 3.00. The van der Waals surface area contributed by atoms with Gasteiger partial charge in [0, 0.05) is 23.8 Å². The van der Waals surface area contributed by atoms with Crippen molar-refractivity contribution in [3.8, 4) is 12.3 Å². The monoisotopic (exact) mass is 274 g/mol. The molecule has 0 atom stereocenters. The van der Waals surface area contributed by atoms with Crippen LogP contribution >= 0.6 is 11.6 Å². The molecule has 1 N–H and O–H groups in total. The second-order valence-electron chi connectivity index (χ2n) is 5.21. The van der Waals surface area contributed by atoms with Crippen LogP contribution in [0.3, 0.4) is 0 Å². The third-order valence-corrected chi connectivity index (χ3v) is 4.44. The number of rotatable bonds is 1. The average Bonchev–Trinajstić information content (AvgIpc) is 2.66. The van der Waals surface area contributed by atoms with Crippen LogP contribution in [0.25, 0.3) is 0 Å². The SMILES string of the molecule is C#CCN1CCC2(CC1)C(=O)Nc1ccc(Cl)cc12. The first-order valence-electron chi connectivity index (χ1n) is 6.43. The zero-order chi connectivity index (χ0) is 13.5. The lowest BCUT2D eigenvalue weighted by atomic mass is 9.73. The number of likely N-dealkylation sites (tertiary alicyclic amines) is 1. The number of hydrogen-bond donors (Lipinski definition) is 1. The molecule has 3 rings (SSSR count). The molecule has 0 unspecified atom stereocenters. The molecule has 1 amide bonds. The minimum Gasteiger partial charge on any atom is -0.325 e. The molecule has 98 valence electrons. The molecule has 0 aromatic heterocycles. The molecule has 2 aliphatic heterocycles. The third-order valence-electron chi connectivity index (χ3n) is 4.20. The highest BCUT2D eigenvalue weighted by Crippen LogP contribution is 2.45. The highest BCUT2D eigenvalue weighted by Gasteiger charge is 2.48. The van der Waals surface area contributed by atoms with Gasteiger partial charge in [0.1, 0.15) is 0 Å². The summed E-state index contributed by atoms with van der Waals surface area (Å²) in [5.74, 6) is 2.76. The quantitative estimate of drug-likeness (QED) is 0.797. The second-order valence-corrected chi connectivity index (χ2v) is 5.64. The summed E-state index contributed by atoms with van der Waals surface area (Å²) in [5.41, 5.74) is 1.54. The van der Waals surface area contributed by atoms with Crippen molar-refractivity contribution >= 4 is 23.2 Å². The molecule has 0 radical (unpaired) electrons. The van der Waals surface area contributed by atoms with Crippen LogP contribution in [-0.4, -0.2) is 30.4 Å². The zero-order valence-electron chi connectivity index (χ0n) is 10.6. The summed E-state index contributed by atoms with van der Waals surface area (Å²) < 4.78 is 0. The van der Waals surface area contributed by atoms with E-state index >= 15 is 0 Å². The number of piperidine rings is 1. The van der Waals surface area contributed by atoms with Gasteiger partial charge in [0.25, 0.3) is 0 Å². The van der Waals surface area contributed by atoms with E-state index in [1.165, 1.54) is 0 Å². The van der Waals surface area contributed by atoms with Crippen LogP contribution in [0.15, 0.2) is 18.2 Å². The number of nitrogens with zero attached hydrogens (tertiary/aromatic N) is 1.